The zero-order valence-electron chi connectivity index (χ0n) is 16.4. The van der Waals surface area contributed by atoms with E-state index in [1.54, 1.807) is 24.3 Å². The molecule has 0 bridgehead atoms. The number of nitrogen functional groups attached to an aromatic ring is 1. The molecule has 0 unspecified atom stereocenters. The summed E-state index contributed by atoms with van der Waals surface area (Å²) in [6.45, 7) is 0. The number of rotatable bonds is 4. The number of hydrogen-bond acceptors (Lipinski definition) is 5. The molecule has 0 aliphatic heterocycles. The average molecular weight is 440 g/mol. The third-order valence-corrected chi connectivity index (χ3v) is 7.22. The second-order valence-electron chi connectivity index (χ2n) is 7.07. The molecule has 5 rings (SSSR count). The minimum absolute atomic E-state index is 0.161. The molecule has 0 spiro atoms. The van der Waals surface area contributed by atoms with Crippen molar-refractivity contribution in [2.45, 2.75) is 19.6 Å². The van der Waals surface area contributed by atoms with Crippen molar-refractivity contribution in [1.29, 1.82) is 0 Å². The van der Waals surface area contributed by atoms with Crippen molar-refractivity contribution >= 4 is 40.8 Å². The summed E-state index contributed by atoms with van der Waals surface area (Å²) in [6, 6.07) is 28.6. The van der Waals surface area contributed by atoms with Crippen LogP contribution in [0.15, 0.2) is 111 Å². The molecule has 0 amide bonds. The Bertz CT molecular complexity index is 1320. The van der Waals surface area contributed by atoms with Crippen molar-refractivity contribution < 1.29 is 9.59 Å². The Kier molecular flexibility index (Phi) is 5.14. The van der Waals surface area contributed by atoms with Gasteiger partial charge in [-0.3, -0.25) is 9.59 Å². The highest BCUT2D eigenvalue weighted by molar-refractivity contribution is 8.00. The van der Waals surface area contributed by atoms with Gasteiger partial charge in [0.25, 0.3) is 0 Å². The molecule has 4 aromatic rings. The van der Waals surface area contributed by atoms with Gasteiger partial charge in [-0.15, -0.1) is 0 Å². The van der Waals surface area contributed by atoms with Gasteiger partial charge in [-0.05, 0) is 30.3 Å². The van der Waals surface area contributed by atoms with E-state index in [0.29, 0.717) is 27.9 Å². The van der Waals surface area contributed by atoms with Crippen LogP contribution < -0.4 is 5.73 Å². The van der Waals surface area contributed by atoms with Gasteiger partial charge < -0.3 is 5.73 Å². The van der Waals surface area contributed by atoms with E-state index in [-0.39, 0.29) is 11.6 Å². The van der Waals surface area contributed by atoms with Gasteiger partial charge in [0, 0.05) is 36.3 Å². The number of anilines is 1. The molecular weight excluding hydrogens is 422 g/mol. The summed E-state index contributed by atoms with van der Waals surface area (Å²) in [6.07, 6.45) is 0. The molecular formula is C26H17NO2S2. The SMILES string of the molecule is Nc1c(Sc2ccccc2)cc(Sc2ccccc2)c2c1C(=O)c1ccccc1C2=O. The van der Waals surface area contributed by atoms with Crippen LogP contribution in [0.4, 0.5) is 5.69 Å². The Balaban J connectivity index is 1.72. The Labute approximate surface area is 188 Å². The van der Waals surface area contributed by atoms with E-state index in [0.717, 1.165) is 19.6 Å². The summed E-state index contributed by atoms with van der Waals surface area (Å²) < 4.78 is 0. The predicted octanol–water partition coefficient (Wildman–Crippen LogP) is 6.35. The fourth-order valence-corrected chi connectivity index (χ4v) is 5.69. The molecule has 150 valence electrons. The molecule has 3 nitrogen and oxygen atoms in total. The lowest BCUT2D eigenvalue weighted by Crippen LogP contribution is -2.23. The fourth-order valence-electron chi connectivity index (χ4n) is 3.66. The summed E-state index contributed by atoms with van der Waals surface area (Å²) in [5.41, 5.74) is 8.42. The molecule has 2 N–H and O–H groups in total. The minimum atomic E-state index is -0.201. The largest absolute Gasteiger partial charge is 0.397 e. The molecule has 4 aromatic carbocycles. The van der Waals surface area contributed by atoms with E-state index in [1.807, 2.05) is 66.7 Å². The zero-order valence-corrected chi connectivity index (χ0v) is 18.0. The molecule has 0 aromatic heterocycles. The monoisotopic (exact) mass is 439 g/mol. The predicted molar refractivity (Wildman–Crippen MR) is 125 cm³/mol. The maximum atomic E-state index is 13.5. The molecule has 1 aliphatic rings. The zero-order chi connectivity index (χ0) is 21.4. The van der Waals surface area contributed by atoms with Crippen LogP contribution in [0.3, 0.4) is 0 Å². The highest BCUT2D eigenvalue weighted by Gasteiger charge is 2.34. The molecule has 31 heavy (non-hydrogen) atoms. The fraction of sp³-hybridized carbons (Fsp3) is 0. The van der Waals surface area contributed by atoms with Crippen LogP contribution in [0.2, 0.25) is 0 Å². The lowest BCUT2D eigenvalue weighted by atomic mass is 9.83. The molecule has 0 radical (unpaired) electrons. The van der Waals surface area contributed by atoms with E-state index >= 15 is 0 Å². The van der Waals surface area contributed by atoms with Gasteiger partial charge in [0.2, 0.25) is 0 Å². The third-order valence-electron chi connectivity index (χ3n) is 5.11. The number of carbonyl (C=O) groups is 2. The van der Waals surface area contributed by atoms with Crippen molar-refractivity contribution in [2.75, 3.05) is 5.73 Å². The Morgan fingerprint density at radius 2 is 1.00 bits per heavy atom. The summed E-state index contributed by atoms with van der Waals surface area (Å²) in [5.74, 6) is -0.361. The first-order valence-corrected chi connectivity index (χ1v) is 11.4. The third kappa shape index (κ3) is 3.56. The topological polar surface area (TPSA) is 60.2 Å². The smallest absolute Gasteiger partial charge is 0.196 e. The van der Waals surface area contributed by atoms with Crippen LogP contribution in [0.25, 0.3) is 0 Å². The molecule has 0 fully saturated rings. The Morgan fingerprint density at radius 1 is 0.548 bits per heavy atom. The van der Waals surface area contributed by atoms with E-state index in [1.165, 1.54) is 23.5 Å². The normalized spacial score (nSPS) is 12.4. The number of carbonyl (C=O) groups excluding carboxylic acids is 2. The van der Waals surface area contributed by atoms with Crippen LogP contribution in [-0.4, -0.2) is 11.6 Å². The van der Waals surface area contributed by atoms with Gasteiger partial charge in [0.15, 0.2) is 11.6 Å². The highest BCUT2D eigenvalue weighted by atomic mass is 32.2. The summed E-state index contributed by atoms with van der Waals surface area (Å²) in [5, 5.41) is 0. The molecule has 0 heterocycles. The van der Waals surface area contributed by atoms with E-state index < -0.39 is 0 Å². The van der Waals surface area contributed by atoms with Crippen LogP contribution in [-0.2, 0) is 0 Å². The summed E-state index contributed by atoms with van der Waals surface area (Å²) in [4.78, 5) is 30.4. The van der Waals surface area contributed by atoms with E-state index in [4.69, 9.17) is 5.73 Å². The van der Waals surface area contributed by atoms with Gasteiger partial charge in [0.1, 0.15) is 0 Å². The first-order chi connectivity index (χ1) is 15.1. The number of benzene rings is 4. The molecule has 0 saturated carbocycles. The van der Waals surface area contributed by atoms with Crippen molar-refractivity contribution in [3.63, 3.8) is 0 Å². The number of hydrogen-bond donors (Lipinski definition) is 1. The molecule has 0 saturated heterocycles. The van der Waals surface area contributed by atoms with Crippen LogP contribution >= 0.6 is 23.5 Å². The maximum absolute atomic E-state index is 13.5. The Morgan fingerprint density at radius 3 is 1.55 bits per heavy atom. The summed E-state index contributed by atoms with van der Waals surface area (Å²) in [7, 11) is 0. The maximum Gasteiger partial charge on any atom is 0.196 e. The first-order valence-electron chi connectivity index (χ1n) is 9.74. The highest BCUT2D eigenvalue weighted by Crippen LogP contribution is 2.45. The van der Waals surface area contributed by atoms with Crippen molar-refractivity contribution in [2.24, 2.45) is 0 Å². The lowest BCUT2D eigenvalue weighted by molar-refractivity contribution is 0.0977. The molecule has 5 heteroatoms. The first kappa shape index (κ1) is 19.7. The second-order valence-corrected chi connectivity index (χ2v) is 9.30. The van der Waals surface area contributed by atoms with Gasteiger partial charge >= 0.3 is 0 Å². The number of fused-ring (bicyclic) bond motifs is 2. The minimum Gasteiger partial charge on any atom is -0.397 e. The van der Waals surface area contributed by atoms with Crippen molar-refractivity contribution in [3.05, 3.63) is 113 Å². The van der Waals surface area contributed by atoms with Gasteiger partial charge in [0.05, 0.1) is 11.3 Å². The van der Waals surface area contributed by atoms with Gasteiger partial charge in [-0.1, -0.05) is 84.2 Å². The number of nitrogens with two attached hydrogens (primary N) is 1. The van der Waals surface area contributed by atoms with E-state index in [2.05, 4.69) is 0 Å². The Hall–Kier alpha value is -3.28. The van der Waals surface area contributed by atoms with Crippen LogP contribution in [0, 0.1) is 0 Å². The molecule has 1 aliphatic carbocycles. The van der Waals surface area contributed by atoms with Gasteiger partial charge in [-0.25, -0.2) is 0 Å². The summed E-state index contributed by atoms with van der Waals surface area (Å²) >= 11 is 2.97. The molecule has 0 atom stereocenters. The van der Waals surface area contributed by atoms with Gasteiger partial charge in [-0.2, -0.15) is 0 Å². The van der Waals surface area contributed by atoms with Crippen molar-refractivity contribution in [3.8, 4) is 0 Å². The lowest BCUT2D eigenvalue weighted by Gasteiger charge is -2.23. The number of ketones is 2. The van der Waals surface area contributed by atoms with Crippen molar-refractivity contribution in [1.82, 2.24) is 0 Å². The quantitative estimate of drug-likeness (QED) is 0.331. The standard InChI is InChI=1S/C26H17NO2S2/c27-24-21(31-17-11-5-2-6-12-17)15-20(30-16-9-3-1-4-10-16)22-23(24)26(29)19-14-8-7-13-18(19)25(22)28/h1-15H,27H2. The second kappa shape index (κ2) is 8.10. The van der Waals surface area contributed by atoms with Crippen LogP contribution in [0.5, 0.6) is 0 Å². The average Bonchev–Trinajstić information content (AvgIpc) is 2.81. The van der Waals surface area contributed by atoms with E-state index in [9.17, 15) is 9.59 Å². The van der Waals surface area contributed by atoms with Crippen LogP contribution in [0.1, 0.15) is 31.8 Å².